The number of anilines is 1. The zero-order valence-electron chi connectivity index (χ0n) is 17.0. The van der Waals surface area contributed by atoms with Gasteiger partial charge in [-0.2, -0.15) is 0 Å². The predicted octanol–water partition coefficient (Wildman–Crippen LogP) is 4.25. The Hall–Kier alpha value is -3.13. The van der Waals surface area contributed by atoms with E-state index in [2.05, 4.69) is 22.8 Å². The van der Waals surface area contributed by atoms with Gasteiger partial charge in [-0.15, -0.1) is 16.8 Å². The number of para-hydroxylation sites is 1. The molecular weight excluding hydrogens is 415 g/mol. The molecule has 0 atom stereocenters. The fourth-order valence-electron chi connectivity index (χ4n) is 3.52. The maximum absolute atomic E-state index is 13.1. The number of ether oxygens (including phenoxy) is 1. The van der Waals surface area contributed by atoms with Gasteiger partial charge in [-0.3, -0.25) is 9.36 Å². The van der Waals surface area contributed by atoms with Crippen molar-refractivity contribution in [3.63, 3.8) is 0 Å². The Bertz CT molecular complexity index is 1070. The van der Waals surface area contributed by atoms with Crippen LogP contribution < -0.4 is 9.64 Å². The lowest BCUT2D eigenvalue weighted by Gasteiger charge is -2.29. The normalized spacial score (nSPS) is 13.0. The topological polar surface area (TPSA) is 60.2 Å². The molecule has 160 valence electrons. The summed E-state index contributed by atoms with van der Waals surface area (Å²) in [5.41, 5.74) is 2.21. The molecule has 1 aliphatic rings. The summed E-state index contributed by atoms with van der Waals surface area (Å²) in [6.07, 6.45) is 3.71. The number of hydrogen-bond acceptors (Lipinski definition) is 5. The molecule has 0 spiro atoms. The Morgan fingerprint density at radius 3 is 2.81 bits per heavy atom. The molecule has 1 amide bonds. The van der Waals surface area contributed by atoms with Gasteiger partial charge in [0.15, 0.2) is 11.0 Å². The summed E-state index contributed by atoms with van der Waals surface area (Å²) in [5, 5.41) is 9.09. The third kappa shape index (κ3) is 4.96. The van der Waals surface area contributed by atoms with Crippen LogP contribution in [0, 0.1) is 5.82 Å². The summed E-state index contributed by atoms with van der Waals surface area (Å²) in [5.74, 6) is 1.16. The first-order chi connectivity index (χ1) is 15.2. The monoisotopic (exact) mass is 438 g/mol. The van der Waals surface area contributed by atoms with E-state index in [1.807, 2.05) is 27.7 Å². The van der Waals surface area contributed by atoms with Crippen molar-refractivity contribution >= 4 is 23.4 Å². The summed E-state index contributed by atoms with van der Waals surface area (Å²) >= 11 is 1.35. The maximum atomic E-state index is 13.1. The number of aromatic nitrogens is 3. The zero-order chi connectivity index (χ0) is 21.6. The molecule has 6 nitrogen and oxygen atoms in total. The number of rotatable bonds is 8. The predicted molar refractivity (Wildman–Crippen MR) is 119 cm³/mol. The molecule has 31 heavy (non-hydrogen) atoms. The standard InChI is InChI=1S/C23H23FN4O2S/c1-2-13-28-21(15-30-19-11-9-18(24)10-12-19)25-26-23(28)31-16-22(29)27-14-5-7-17-6-3-4-8-20(17)27/h2-4,6,8-12H,1,5,7,13-16H2. The molecule has 4 rings (SSSR count). The highest BCUT2D eigenvalue weighted by molar-refractivity contribution is 7.99. The van der Waals surface area contributed by atoms with Crippen molar-refractivity contribution in [2.24, 2.45) is 0 Å². The van der Waals surface area contributed by atoms with Crippen molar-refractivity contribution in [2.45, 2.75) is 31.1 Å². The van der Waals surface area contributed by atoms with Crippen LogP contribution >= 0.6 is 11.8 Å². The van der Waals surface area contributed by atoms with Crippen LogP contribution in [0.1, 0.15) is 17.8 Å². The number of aryl methyl sites for hydroxylation is 1. The van der Waals surface area contributed by atoms with Crippen LogP contribution in [-0.4, -0.2) is 33.0 Å². The van der Waals surface area contributed by atoms with Crippen molar-refractivity contribution in [1.82, 2.24) is 14.8 Å². The summed E-state index contributed by atoms with van der Waals surface area (Å²) in [6, 6.07) is 13.9. The molecule has 2 heterocycles. The Kier molecular flexibility index (Phi) is 6.66. The Balaban J connectivity index is 1.42. The van der Waals surface area contributed by atoms with E-state index >= 15 is 0 Å². The highest BCUT2D eigenvalue weighted by Gasteiger charge is 2.23. The van der Waals surface area contributed by atoms with Gasteiger partial charge in [-0.1, -0.05) is 36.0 Å². The van der Waals surface area contributed by atoms with E-state index in [1.165, 1.54) is 29.5 Å². The second-order valence-electron chi connectivity index (χ2n) is 7.11. The van der Waals surface area contributed by atoms with E-state index < -0.39 is 0 Å². The first-order valence-corrected chi connectivity index (χ1v) is 11.1. The summed E-state index contributed by atoms with van der Waals surface area (Å²) in [6.45, 7) is 5.20. The first kappa shape index (κ1) is 21.1. The average molecular weight is 439 g/mol. The first-order valence-electron chi connectivity index (χ1n) is 10.1. The van der Waals surface area contributed by atoms with Crippen molar-refractivity contribution in [2.75, 3.05) is 17.2 Å². The van der Waals surface area contributed by atoms with Crippen LogP contribution in [0.4, 0.5) is 10.1 Å². The number of nitrogens with zero attached hydrogens (tertiary/aromatic N) is 4. The molecule has 0 N–H and O–H groups in total. The van der Waals surface area contributed by atoms with Crippen molar-refractivity contribution in [1.29, 1.82) is 0 Å². The largest absolute Gasteiger partial charge is 0.486 e. The fraction of sp³-hybridized carbons (Fsp3) is 0.261. The Morgan fingerprint density at radius 1 is 1.19 bits per heavy atom. The van der Waals surface area contributed by atoms with E-state index in [-0.39, 0.29) is 24.1 Å². The lowest BCUT2D eigenvalue weighted by atomic mass is 10.0. The number of allylic oxidation sites excluding steroid dienone is 1. The van der Waals surface area contributed by atoms with Gasteiger partial charge >= 0.3 is 0 Å². The molecule has 1 aliphatic heterocycles. The van der Waals surface area contributed by atoms with Gasteiger partial charge in [-0.25, -0.2) is 4.39 Å². The molecule has 0 fully saturated rings. The van der Waals surface area contributed by atoms with Crippen molar-refractivity contribution in [3.05, 3.63) is 78.4 Å². The van der Waals surface area contributed by atoms with Gasteiger partial charge in [0, 0.05) is 18.8 Å². The van der Waals surface area contributed by atoms with E-state index in [1.54, 1.807) is 18.2 Å². The van der Waals surface area contributed by atoms with Crippen LogP contribution in [0.15, 0.2) is 66.3 Å². The van der Waals surface area contributed by atoms with E-state index in [0.717, 1.165) is 25.1 Å². The third-order valence-electron chi connectivity index (χ3n) is 5.02. The summed E-state index contributed by atoms with van der Waals surface area (Å²) in [7, 11) is 0. The number of carbonyl (C=O) groups excluding carboxylic acids is 1. The minimum Gasteiger partial charge on any atom is -0.486 e. The second-order valence-corrected chi connectivity index (χ2v) is 8.05. The van der Waals surface area contributed by atoms with Gasteiger partial charge in [0.1, 0.15) is 18.2 Å². The molecule has 0 bridgehead atoms. The van der Waals surface area contributed by atoms with Crippen LogP contribution in [0.25, 0.3) is 0 Å². The van der Waals surface area contributed by atoms with Crippen LogP contribution in [-0.2, 0) is 24.4 Å². The van der Waals surface area contributed by atoms with Gasteiger partial charge in [0.05, 0.1) is 5.75 Å². The minimum absolute atomic E-state index is 0.0504. The van der Waals surface area contributed by atoms with E-state index in [4.69, 9.17) is 4.74 Å². The Morgan fingerprint density at radius 2 is 2.00 bits per heavy atom. The number of amides is 1. The number of thioether (sulfide) groups is 1. The van der Waals surface area contributed by atoms with Crippen LogP contribution in [0.2, 0.25) is 0 Å². The number of benzene rings is 2. The smallest absolute Gasteiger partial charge is 0.237 e. The van der Waals surface area contributed by atoms with Crippen LogP contribution in [0.5, 0.6) is 5.75 Å². The molecule has 1 aromatic heterocycles. The summed E-state index contributed by atoms with van der Waals surface area (Å²) in [4.78, 5) is 14.8. The molecule has 8 heteroatoms. The number of carbonyl (C=O) groups is 1. The van der Waals surface area contributed by atoms with Crippen LogP contribution in [0.3, 0.4) is 0 Å². The molecule has 0 aliphatic carbocycles. The molecule has 0 saturated carbocycles. The lowest BCUT2D eigenvalue weighted by Crippen LogP contribution is -2.36. The average Bonchev–Trinajstić information content (AvgIpc) is 3.18. The SMILES string of the molecule is C=CCn1c(COc2ccc(F)cc2)nnc1SCC(=O)N1CCCc2ccccc21. The number of fused-ring (bicyclic) bond motifs is 1. The molecular formula is C23H23FN4O2S. The van der Waals surface area contributed by atoms with Crippen molar-refractivity contribution in [3.8, 4) is 5.75 Å². The molecule has 0 saturated heterocycles. The van der Waals surface area contributed by atoms with Gasteiger partial charge in [0.2, 0.25) is 5.91 Å². The fourth-order valence-corrected chi connectivity index (χ4v) is 4.36. The van der Waals surface area contributed by atoms with E-state index in [9.17, 15) is 9.18 Å². The Labute approximate surface area is 184 Å². The molecule has 0 radical (unpaired) electrons. The molecule has 2 aromatic carbocycles. The van der Waals surface area contributed by atoms with Gasteiger partial charge in [0.25, 0.3) is 0 Å². The maximum Gasteiger partial charge on any atom is 0.237 e. The quantitative estimate of drug-likeness (QED) is 0.389. The van der Waals surface area contributed by atoms with E-state index in [0.29, 0.717) is 23.3 Å². The summed E-state index contributed by atoms with van der Waals surface area (Å²) < 4.78 is 20.6. The third-order valence-corrected chi connectivity index (χ3v) is 5.97. The highest BCUT2D eigenvalue weighted by atomic mass is 32.2. The second kappa shape index (κ2) is 9.78. The number of hydrogen-bond donors (Lipinski definition) is 0. The van der Waals surface area contributed by atoms with Gasteiger partial charge in [-0.05, 0) is 48.7 Å². The zero-order valence-corrected chi connectivity index (χ0v) is 17.9. The molecule has 0 unspecified atom stereocenters. The molecule has 3 aromatic rings. The van der Waals surface area contributed by atoms with Crippen molar-refractivity contribution < 1.29 is 13.9 Å². The number of halogens is 1. The highest BCUT2D eigenvalue weighted by Crippen LogP contribution is 2.28. The lowest BCUT2D eigenvalue weighted by molar-refractivity contribution is -0.116. The minimum atomic E-state index is -0.318. The van der Waals surface area contributed by atoms with Gasteiger partial charge < -0.3 is 9.64 Å².